The molecule has 1 atom stereocenters. The van der Waals surface area contributed by atoms with Crippen molar-refractivity contribution in [2.75, 3.05) is 23.4 Å². The van der Waals surface area contributed by atoms with Crippen molar-refractivity contribution in [1.29, 1.82) is 0 Å². The van der Waals surface area contributed by atoms with Crippen LogP contribution in [0.1, 0.15) is 37.3 Å². The normalized spacial score (nSPS) is 17.4. The molecule has 0 bridgehead atoms. The fourth-order valence-corrected chi connectivity index (χ4v) is 6.69. The van der Waals surface area contributed by atoms with Crippen molar-refractivity contribution in [2.24, 2.45) is 0 Å². The molecular weight excluding hydrogens is 592 g/mol. The van der Waals surface area contributed by atoms with Gasteiger partial charge in [-0.2, -0.15) is 0 Å². The van der Waals surface area contributed by atoms with Gasteiger partial charge < -0.3 is 4.74 Å². The van der Waals surface area contributed by atoms with Crippen LogP contribution >= 0.6 is 11.9 Å². The van der Waals surface area contributed by atoms with Gasteiger partial charge in [-0.1, -0.05) is 0 Å². The van der Waals surface area contributed by atoms with Crippen molar-refractivity contribution < 1.29 is 14.3 Å². The molecule has 0 aromatic heterocycles. The third-order valence-electron chi connectivity index (χ3n) is 5.42. The Bertz CT molecular complexity index is 893. The molecule has 4 rings (SSSR count). The van der Waals surface area contributed by atoms with Gasteiger partial charge in [0, 0.05) is 0 Å². The van der Waals surface area contributed by atoms with E-state index in [1.807, 2.05) is 11.9 Å². The van der Waals surface area contributed by atoms with Crippen LogP contribution in [0.4, 0.5) is 5.69 Å². The zero-order valence-corrected chi connectivity index (χ0v) is 22.8. The molecule has 2 aromatic carbocycles. The summed E-state index contributed by atoms with van der Waals surface area (Å²) in [5.74, 6) is 1.01. The maximum Gasteiger partial charge on any atom is 0.292 e. The zero-order valence-electron chi connectivity index (χ0n) is 18.1. The van der Waals surface area contributed by atoms with Crippen LogP contribution in [0.5, 0.6) is 5.75 Å². The Labute approximate surface area is 200 Å². The Balaban J connectivity index is 0.000000589. The predicted molar refractivity (Wildman–Crippen MR) is 124 cm³/mol. The van der Waals surface area contributed by atoms with Gasteiger partial charge >= 0.3 is 178 Å². The standard InChI is InChI=1S/C21H25N2OS.C2H4O2.Pb/c1-4-5-6-16-12-22-19-10-15-13-24-20-8-7-14(2)9-18(20)17(15)11-21(19)25-23(16)3;1-4-2-3;/h7-11,16H,4-6,12-13H2,1-3H3;2H,1H3;/q-1;;+1. The Morgan fingerprint density at radius 3 is 2.77 bits per heavy atom. The third-order valence-corrected chi connectivity index (χ3v) is 8.18. The fraction of sp³-hybridized carbons (Fsp3) is 0.435. The number of carbonyl (C=O) groups excluding carboxylic acids is 1. The van der Waals surface area contributed by atoms with Crippen LogP contribution < -0.4 is 7.45 Å². The summed E-state index contributed by atoms with van der Waals surface area (Å²) in [5, 5.41) is 0. The summed E-state index contributed by atoms with van der Waals surface area (Å²) in [6.45, 7) is 6.62. The maximum absolute atomic E-state index is 8.95. The van der Waals surface area contributed by atoms with Gasteiger partial charge in [0.15, 0.2) is 0 Å². The molecule has 0 fully saturated rings. The number of anilines is 1. The maximum atomic E-state index is 8.95. The van der Waals surface area contributed by atoms with E-state index in [-0.39, 0.29) is 0 Å². The molecule has 2 aromatic rings. The van der Waals surface area contributed by atoms with E-state index in [9.17, 15) is 0 Å². The summed E-state index contributed by atoms with van der Waals surface area (Å²) in [6.07, 6.45) is 3.85. The molecule has 2 aliphatic rings. The van der Waals surface area contributed by atoms with E-state index in [2.05, 4.69) is 63.0 Å². The molecule has 2 aliphatic heterocycles. The Morgan fingerprint density at radius 1 is 1.30 bits per heavy atom. The summed E-state index contributed by atoms with van der Waals surface area (Å²) in [7, 11) is 3.57. The molecule has 2 heterocycles. The first-order valence-corrected chi connectivity index (χ1v) is 12.8. The van der Waals surface area contributed by atoms with E-state index in [1.54, 1.807) is 0 Å². The van der Waals surface area contributed by atoms with Crippen LogP contribution in [-0.2, 0) is 16.1 Å². The molecule has 0 amide bonds. The number of benzene rings is 2. The first-order valence-electron chi connectivity index (χ1n) is 10.2. The number of carbonyl (C=O) groups is 1. The molecule has 0 saturated heterocycles. The smallest absolute Gasteiger partial charge is 0.292 e. The van der Waals surface area contributed by atoms with Crippen molar-refractivity contribution in [3.05, 3.63) is 41.5 Å². The largest absolute Gasteiger partial charge is 0.471 e. The number of aryl methyl sites for hydroxylation is 1. The van der Waals surface area contributed by atoms with Gasteiger partial charge in [-0.15, -0.1) is 0 Å². The van der Waals surface area contributed by atoms with Crippen LogP contribution in [0.3, 0.4) is 0 Å². The second kappa shape index (κ2) is 10.9. The van der Waals surface area contributed by atoms with Gasteiger partial charge in [0.2, 0.25) is 0 Å². The van der Waals surface area contributed by atoms with Crippen molar-refractivity contribution in [3.63, 3.8) is 0 Å². The Kier molecular flexibility index (Phi) is 8.47. The predicted octanol–water partition coefficient (Wildman–Crippen LogP) is 4.74. The van der Waals surface area contributed by atoms with Crippen LogP contribution in [0, 0.1) is 6.92 Å². The number of nitrogens with zero attached hydrogens (tertiary/aromatic N) is 2. The van der Waals surface area contributed by atoms with Crippen LogP contribution in [0.2, 0.25) is 0 Å². The second-order valence-electron chi connectivity index (χ2n) is 7.64. The van der Waals surface area contributed by atoms with E-state index in [0.29, 0.717) is 19.1 Å². The number of unbranched alkanes of at least 4 members (excludes halogenated alkanes) is 1. The van der Waals surface area contributed by atoms with Gasteiger partial charge in [0.1, 0.15) is 0 Å². The molecule has 7 heteroatoms. The minimum Gasteiger partial charge on any atom is -0.471 e. The second-order valence-corrected chi connectivity index (χ2v) is 10.9. The van der Waals surface area contributed by atoms with Gasteiger partial charge in [0.25, 0.3) is 6.47 Å². The quantitative estimate of drug-likeness (QED) is 0.280. The molecule has 0 spiro atoms. The van der Waals surface area contributed by atoms with E-state index in [4.69, 9.17) is 9.53 Å². The minimum absolute atomic E-state index is 0.375. The zero-order chi connectivity index (χ0) is 21.7. The van der Waals surface area contributed by atoms with Crippen molar-refractivity contribution >= 4 is 50.2 Å². The third kappa shape index (κ3) is 5.31. The first kappa shape index (κ1) is 23.4. The fourth-order valence-electron chi connectivity index (χ4n) is 3.77. The number of hydrogen-bond acceptors (Lipinski definition) is 6. The van der Waals surface area contributed by atoms with Gasteiger partial charge in [-0.25, -0.2) is 0 Å². The molecular formula is C23H29N2O3PbS. The van der Waals surface area contributed by atoms with Crippen LogP contribution in [0.15, 0.2) is 35.2 Å². The Morgan fingerprint density at radius 2 is 2.07 bits per heavy atom. The Hall–Kier alpha value is -1.26. The monoisotopic (exact) mass is 621 g/mol. The van der Waals surface area contributed by atoms with Crippen LogP contribution in [0.25, 0.3) is 11.1 Å². The average Bonchev–Trinajstić information content (AvgIpc) is 2.86. The van der Waals surface area contributed by atoms with Crippen LogP contribution in [-0.4, -0.2) is 63.6 Å². The van der Waals surface area contributed by atoms with Crippen molar-refractivity contribution in [2.45, 2.75) is 50.7 Å². The van der Waals surface area contributed by atoms with Gasteiger partial charge in [0.05, 0.1) is 7.11 Å². The SMILES string of the molecule is CCCCC1C[N]([Pb])c2cc3c(cc2SN1C)-c1cc(C)ccc1OC3.COC=O. The summed E-state index contributed by atoms with van der Waals surface area (Å²) in [6, 6.07) is 11.9. The number of likely N-dealkylation sites (N-methyl/N-ethyl adjacent to an activating group) is 1. The minimum atomic E-state index is 0.375. The number of hydrogen-bond donors (Lipinski definition) is 0. The van der Waals surface area contributed by atoms with E-state index in [1.165, 1.54) is 59.2 Å². The molecule has 0 aliphatic carbocycles. The number of methoxy groups -OCH3 is 1. The first-order chi connectivity index (χ1) is 14.5. The number of rotatable bonds is 4. The number of ether oxygens (including phenoxy) is 2. The van der Waals surface area contributed by atoms with Gasteiger partial charge in [-0.05, 0) is 0 Å². The van der Waals surface area contributed by atoms with E-state index >= 15 is 0 Å². The number of fused-ring (bicyclic) bond motifs is 4. The molecule has 159 valence electrons. The average molecular weight is 621 g/mol. The molecule has 3 radical (unpaired) electrons. The molecule has 0 N–H and O–H groups in total. The molecule has 1 unspecified atom stereocenters. The summed E-state index contributed by atoms with van der Waals surface area (Å²) in [4.78, 5) is 10.3. The summed E-state index contributed by atoms with van der Waals surface area (Å²) < 4.78 is 14.9. The molecule has 30 heavy (non-hydrogen) atoms. The topological polar surface area (TPSA) is 42.0 Å². The van der Waals surface area contributed by atoms with Crippen molar-refractivity contribution in [3.8, 4) is 16.9 Å². The van der Waals surface area contributed by atoms with Gasteiger partial charge in [-0.3, -0.25) is 4.79 Å². The molecule has 5 nitrogen and oxygen atoms in total. The van der Waals surface area contributed by atoms with E-state index in [0.717, 1.165) is 38.4 Å². The summed E-state index contributed by atoms with van der Waals surface area (Å²) in [5.41, 5.74) is 6.58. The van der Waals surface area contributed by atoms with Crippen molar-refractivity contribution in [1.82, 2.24) is 4.31 Å². The summed E-state index contributed by atoms with van der Waals surface area (Å²) >= 11 is 2.97. The van der Waals surface area contributed by atoms with E-state index < -0.39 is 0 Å². The molecule has 0 saturated carbocycles.